The van der Waals surface area contributed by atoms with E-state index in [-0.39, 0.29) is 18.3 Å². The van der Waals surface area contributed by atoms with E-state index in [0.29, 0.717) is 25.2 Å². The number of ether oxygens (including phenoxy) is 4. The number of oxazole rings is 1. The summed E-state index contributed by atoms with van der Waals surface area (Å²) in [6, 6.07) is 61.7. The number of hydrogen-bond donors (Lipinski definition) is 5. The van der Waals surface area contributed by atoms with Crippen molar-refractivity contribution in [2.75, 3.05) is 99.8 Å². The number of para-hydroxylation sites is 4. The molecule has 111 heavy (non-hydrogen) atoms. The molecule has 0 unspecified atom stereocenters. The standard InChI is InChI=1S/C25H27N3O3.C22H23N3O2.C21H21F3N2O2.C20H21ClN2O2/c1-17-8-9-22-20(16-17)25(31-24(29)27-22)11-14-28(15-12-25)13-10-21-18(2)30-23(26-21)19-6-4-3-5-7-19;26-21-24-20-8-4-2-6-18(20)22(27-21)10-13-25(14-11-22)12-9-16-15-23-19-7-3-1-5-17(16)19;22-21(23,24)16-7-5-15(6-8-16)9-12-26-13-10-20(11-14-26)17-3-1-2-4-18(17)25-19(27)28-20;21-16-7-5-15(6-8-16)9-12-23-13-10-20(11-14-23)17-3-1-2-4-18(17)22-19(24)25-20/h3-9,16H,10-15H2,1-2H3,(H,27,29);1-8,15,23H,9-14H2,(H,24,26);1-8H,9-14H2,(H,25,27);1-8H,9-14H2,(H,22,24). The molecule has 18 rings (SSSR count). The number of fused-ring (bicyclic) bond motifs is 9. The van der Waals surface area contributed by atoms with Crippen LogP contribution < -0.4 is 21.3 Å². The highest BCUT2D eigenvalue weighted by atomic mass is 35.5. The molecule has 576 valence electrons. The van der Waals surface area contributed by atoms with E-state index in [9.17, 15) is 32.3 Å². The molecule has 5 N–H and O–H groups in total. The molecule has 0 radical (unpaired) electrons. The summed E-state index contributed by atoms with van der Waals surface area (Å²) in [7, 11) is 0. The van der Waals surface area contributed by atoms with Crippen molar-refractivity contribution in [2.24, 2.45) is 0 Å². The van der Waals surface area contributed by atoms with Crippen molar-refractivity contribution in [1.82, 2.24) is 29.6 Å². The number of halogens is 4. The van der Waals surface area contributed by atoms with Crippen molar-refractivity contribution in [3.8, 4) is 11.5 Å². The Morgan fingerprint density at radius 3 is 1.28 bits per heavy atom. The van der Waals surface area contributed by atoms with Crippen molar-refractivity contribution in [3.63, 3.8) is 0 Å². The van der Waals surface area contributed by atoms with Crippen LogP contribution in [0.4, 0.5) is 55.1 Å². The Morgan fingerprint density at radius 1 is 0.432 bits per heavy atom. The molecule has 4 fully saturated rings. The Bertz CT molecular complexity index is 4950. The van der Waals surface area contributed by atoms with Gasteiger partial charge in [-0.25, -0.2) is 24.2 Å². The van der Waals surface area contributed by atoms with Crippen molar-refractivity contribution >= 4 is 69.6 Å². The molecule has 4 amide bonds. The molecular weight excluding hydrogens is 1430 g/mol. The van der Waals surface area contributed by atoms with Gasteiger partial charge < -0.3 is 47.9 Å². The number of aryl methyl sites for hydroxylation is 2. The summed E-state index contributed by atoms with van der Waals surface area (Å²) in [5.41, 5.74) is 13.0. The number of aromatic nitrogens is 2. The monoisotopic (exact) mass is 1520 g/mol. The molecule has 8 aliphatic rings. The second kappa shape index (κ2) is 32.8. The predicted octanol–water partition coefficient (Wildman–Crippen LogP) is 18.6. The summed E-state index contributed by atoms with van der Waals surface area (Å²) in [5, 5.41) is 13.3. The lowest BCUT2D eigenvalue weighted by Gasteiger charge is -2.44. The number of amides is 4. The smallest absolute Gasteiger partial charge is 0.416 e. The summed E-state index contributed by atoms with van der Waals surface area (Å²) >= 11 is 5.94. The molecule has 0 bridgehead atoms. The molecule has 2 aromatic heterocycles. The lowest BCUT2D eigenvalue weighted by Crippen LogP contribution is -2.48. The van der Waals surface area contributed by atoms with Gasteiger partial charge in [0.15, 0.2) is 0 Å². The highest BCUT2D eigenvalue weighted by Gasteiger charge is 2.48. The van der Waals surface area contributed by atoms with Crippen molar-refractivity contribution in [3.05, 3.63) is 267 Å². The first kappa shape index (κ1) is 75.9. The Hall–Kier alpha value is -10.5. The van der Waals surface area contributed by atoms with Gasteiger partial charge in [0.2, 0.25) is 5.89 Å². The molecule has 8 aliphatic heterocycles. The van der Waals surface area contributed by atoms with Crippen molar-refractivity contribution < 1.29 is 55.7 Å². The van der Waals surface area contributed by atoms with Gasteiger partial charge in [-0.3, -0.25) is 21.3 Å². The second-order valence-corrected chi connectivity index (χ2v) is 30.6. The van der Waals surface area contributed by atoms with E-state index in [0.717, 1.165) is 221 Å². The van der Waals surface area contributed by atoms with Crippen LogP contribution in [-0.2, 0) is 73.2 Å². The van der Waals surface area contributed by atoms with Gasteiger partial charge in [0.1, 0.15) is 28.2 Å². The highest BCUT2D eigenvalue weighted by Crippen LogP contribution is 2.48. The lowest BCUT2D eigenvalue weighted by molar-refractivity contribution is -0.137. The number of rotatable bonds is 13. The zero-order chi connectivity index (χ0) is 76.7. The Balaban J connectivity index is 0.000000118. The van der Waals surface area contributed by atoms with E-state index in [1.165, 1.54) is 27.6 Å². The van der Waals surface area contributed by atoms with Gasteiger partial charge >= 0.3 is 30.5 Å². The van der Waals surface area contributed by atoms with Crippen LogP contribution in [0.15, 0.2) is 205 Å². The van der Waals surface area contributed by atoms with Gasteiger partial charge in [0.25, 0.3) is 0 Å². The SMILES string of the molecule is Cc1ccc2c(c1)C1(CCN(CCc3nc(-c4ccccc4)oc3C)CC1)OC(=O)N2.O=C1Nc2ccccc2C2(CCN(CCc3c[nH]c4ccccc34)CC2)O1.O=C1Nc2ccccc2C2(CCN(CCc3ccc(C(F)(F)F)cc3)CC2)O1.O=C1Nc2ccccc2C2(CCN(CCc3ccc(Cl)cc3)CC2)O1. The van der Waals surface area contributed by atoms with Gasteiger partial charge in [-0.15, -0.1) is 0 Å². The number of carbonyl (C=O) groups is 4. The Morgan fingerprint density at radius 2 is 0.820 bits per heavy atom. The molecule has 10 aromatic rings. The molecule has 23 heteroatoms. The number of nitrogens with one attached hydrogen (secondary N) is 5. The average Bonchev–Trinajstić information content (AvgIpc) is 1.22. The average molecular weight is 1530 g/mol. The van der Waals surface area contributed by atoms with Crippen molar-refractivity contribution in [2.45, 2.75) is 119 Å². The molecule has 8 aromatic carbocycles. The molecule has 0 saturated carbocycles. The van der Waals surface area contributed by atoms with Gasteiger partial charge in [-0.1, -0.05) is 138 Å². The minimum atomic E-state index is -4.30. The van der Waals surface area contributed by atoms with Crippen LogP contribution in [0.3, 0.4) is 0 Å². The molecule has 0 atom stereocenters. The van der Waals surface area contributed by atoms with Crippen LogP contribution in [0.2, 0.25) is 5.02 Å². The Kier molecular flexibility index (Phi) is 22.4. The number of piperidine rings is 4. The fraction of sp³-hybridized carbons (Fsp3) is 0.352. The summed E-state index contributed by atoms with van der Waals surface area (Å²) in [5.74, 6) is 1.56. The minimum absolute atomic E-state index is 0.332. The highest BCUT2D eigenvalue weighted by molar-refractivity contribution is 6.30. The molecular formula is C88H92ClF3N10O9. The molecule has 19 nitrogen and oxygen atoms in total. The van der Waals surface area contributed by atoms with Crippen LogP contribution in [0.25, 0.3) is 22.4 Å². The largest absolute Gasteiger partial charge is 0.441 e. The quantitative estimate of drug-likeness (QED) is 0.0681. The van der Waals surface area contributed by atoms with Crippen molar-refractivity contribution in [1.29, 1.82) is 0 Å². The maximum Gasteiger partial charge on any atom is 0.416 e. The molecule has 10 heterocycles. The minimum Gasteiger partial charge on any atom is -0.441 e. The predicted molar refractivity (Wildman–Crippen MR) is 423 cm³/mol. The van der Waals surface area contributed by atoms with Gasteiger partial charge in [-0.05, 0) is 123 Å². The number of H-pyrrole nitrogens is 1. The third kappa shape index (κ3) is 17.4. The fourth-order valence-corrected chi connectivity index (χ4v) is 17.1. The number of anilines is 4. The van der Waals surface area contributed by atoms with E-state index in [1.807, 2.05) is 122 Å². The fourth-order valence-electron chi connectivity index (χ4n) is 17.0. The number of alkyl halides is 3. The number of aromatic amines is 1. The van der Waals surface area contributed by atoms with E-state index in [4.69, 9.17) is 39.9 Å². The zero-order valence-corrected chi connectivity index (χ0v) is 63.2. The van der Waals surface area contributed by atoms with Crippen LogP contribution in [0.1, 0.15) is 113 Å². The lowest BCUT2D eigenvalue weighted by atomic mass is 9.81. The number of benzene rings is 8. The number of carbonyl (C=O) groups excluding carboxylic acids is 4. The van der Waals surface area contributed by atoms with E-state index < -0.39 is 40.2 Å². The summed E-state index contributed by atoms with van der Waals surface area (Å²) in [6.07, 6.45) is 6.26. The van der Waals surface area contributed by atoms with Crippen LogP contribution in [-0.4, -0.2) is 132 Å². The number of hydrogen-bond acceptors (Lipinski definition) is 14. The number of nitrogens with zero attached hydrogens (tertiary/aromatic N) is 5. The first-order valence-corrected chi connectivity index (χ1v) is 38.9. The van der Waals surface area contributed by atoms with Crippen LogP contribution in [0.5, 0.6) is 0 Å². The van der Waals surface area contributed by atoms with E-state index in [2.05, 4.69) is 114 Å². The third-order valence-corrected chi connectivity index (χ3v) is 23.5. The van der Waals surface area contributed by atoms with Gasteiger partial charge in [0, 0.05) is 186 Å². The second-order valence-electron chi connectivity index (χ2n) is 30.2. The van der Waals surface area contributed by atoms with E-state index >= 15 is 0 Å². The van der Waals surface area contributed by atoms with E-state index in [1.54, 1.807) is 12.1 Å². The summed E-state index contributed by atoms with van der Waals surface area (Å²) < 4.78 is 67.0. The molecule has 4 spiro atoms. The van der Waals surface area contributed by atoms with Crippen LogP contribution in [0, 0.1) is 13.8 Å². The summed E-state index contributed by atoms with van der Waals surface area (Å²) in [6.45, 7) is 14.8. The zero-order valence-electron chi connectivity index (χ0n) is 62.4. The third-order valence-electron chi connectivity index (χ3n) is 23.3. The van der Waals surface area contributed by atoms with Gasteiger partial charge in [0.05, 0.1) is 34.0 Å². The first-order valence-electron chi connectivity index (χ1n) is 38.5. The first-order chi connectivity index (χ1) is 53.8. The topological polar surface area (TPSA) is 208 Å². The maximum absolute atomic E-state index is 12.7. The molecule has 4 saturated heterocycles. The van der Waals surface area contributed by atoms with Gasteiger partial charge in [-0.2, -0.15) is 13.2 Å². The number of likely N-dealkylation sites (tertiary alicyclic amines) is 4. The normalized spacial score (nSPS) is 18.7. The molecule has 0 aliphatic carbocycles. The maximum atomic E-state index is 12.7. The Labute approximate surface area is 649 Å². The van der Waals surface area contributed by atoms with Crippen LogP contribution >= 0.6 is 11.6 Å². The summed E-state index contributed by atoms with van der Waals surface area (Å²) in [4.78, 5) is 65.8.